The third kappa shape index (κ3) is 5.04. The number of nitrogens with one attached hydrogen (secondary N) is 1. The molecule has 1 rings (SSSR count). The summed E-state index contributed by atoms with van der Waals surface area (Å²) in [6.45, 7) is 4.95. The molecule has 0 aliphatic rings. The van der Waals surface area contributed by atoms with Crippen LogP contribution in [0.1, 0.15) is 37.0 Å². The van der Waals surface area contributed by atoms with E-state index in [1.165, 1.54) is 0 Å². The Morgan fingerprint density at radius 3 is 2.71 bits per heavy atom. The molecule has 0 bridgehead atoms. The number of rotatable bonds is 7. The maximum atomic E-state index is 11.9. The van der Waals surface area contributed by atoms with Gasteiger partial charge in [0.1, 0.15) is 0 Å². The van der Waals surface area contributed by atoms with E-state index in [9.17, 15) is 4.79 Å². The SMILES string of the molecule is CCCNC(=O)c1ccccc1SSCCC. The number of carbonyl (C=O) groups is 1. The van der Waals surface area contributed by atoms with Crippen LogP contribution < -0.4 is 5.32 Å². The molecule has 1 aromatic carbocycles. The lowest BCUT2D eigenvalue weighted by Gasteiger charge is -2.08. The van der Waals surface area contributed by atoms with Gasteiger partial charge in [-0.3, -0.25) is 4.79 Å². The Labute approximate surface area is 111 Å². The van der Waals surface area contributed by atoms with Gasteiger partial charge in [0, 0.05) is 17.2 Å². The van der Waals surface area contributed by atoms with Crippen molar-refractivity contribution in [1.29, 1.82) is 0 Å². The molecule has 1 amide bonds. The summed E-state index contributed by atoms with van der Waals surface area (Å²) in [7, 11) is 3.49. The van der Waals surface area contributed by atoms with E-state index >= 15 is 0 Å². The fourth-order valence-electron chi connectivity index (χ4n) is 1.25. The minimum Gasteiger partial charge on any atom is -0.352 e. The molecule has 0 aliphatic heterocycles. The van der Waals surface area contributed by atoms with Crippen LogP contribution >= 0.6 is 21.6 Å². The highest BCUT2D eigenvalue weighted by Gasteiger charge is 2.10. The van der Waals surface area contributed by atoms with E-state index in [-0.39, 0.29) is 5.91 Å². The molecule has 0 spiro atoms. The molecule has 1 N–H and O–H groups in total. The van der Waals surface area contributed by atoms with Crippen molar-refractivity contribution in [2.24, 2.45) is 0 Å². The van der Waals surface area contributed by atoms with Crippen molar-refractivity contribution in [3.8, 4) is 0 Å². The largest absolute Gasteiger partial charge is 0.352 e. The molecule has 0 radical (unpaired) electrons. The molecule has 0 saturated carbocycles. The zero-order valence-corrected chi connectivity index (χ0v) is 12.0. The van der Waals surface area contributed by atoms with Gasteiger partial charge < -0.3 is 5.32 Å². The van der Waals surface area contributed by atoms with Crippen molar-refractivity contribution in [1.82, 2.24) is 5.32 Å². The zero-order chi connectivity index (χ0) is 12.5. The van der Waals surface area contributed by atoms with Gasteiger partial charge in [-0.15, -0.1) is 0 Å². The lowest BCUT2D eigenvalue weighted by atomic mass is 10.2. The van der Waals surface area contributed by atoms with E-state index in [4.69, 9.17) is 0 Å². The second-order valence-electron chi connectivity index (χ2n) is 3.66. The Morgan fingerprint density at radius 2 is 2.00 bits per heavy atom. The number of hydrogen-bond acceptors (Lipinski definition) is 3. The summed E-state index contributed by atoms with van der Waals surface area (Å²) >= 11 is 0. The minimum absolute atomic E-state index is 0.0343. The number of carbonyl (C=O) groups excluding carboxylic acids is 1. The van der Waals surface area contributed by atoms with Crippen LogP contribution in [0.5, 0.6) is 0 Å². The molecule has 0 unspecified atom stereocenters. The maximum absolute atomic E-state index is 11.9. The van der Waals surface area contributed by atoms with Gasteiger partial charge in [0.15, 0.2) is 0 Å². The van der Waals surface area contributed by atoms with Crippen LogP contribution in [0.3, 0.4) is 0 Å². The summed E-state index contributed by atoms with van der Waals surface area (Å²) in [4.78, 5) is 13.0. The van der Waals surface area contributed by atoms with Gasteiger partial charge in [-0.05, 0) is 25.0 Å². The zero-order valence-electron chi connectivity index (χ0n) is 10.4. The van der Waals surface area contributed by atoms with E-state index in [1.807, 2.05) is 24.3 Å². The molecule has 2 nitrogen and oxygen atoms in total. The summed E-state index contributed by atoms with van der Waals surface area (Å²) in [6.07, 6.45) is 2.12. The molecule has 0 saturated heterocycles. The molecular formula is C13H19NOS2. The van der Waals surface area contributed by atoms with E-state index < -0.39 is 0 Å². The predicted octanol–water partition coefficient (Wildman–Crippen LogP) is 3.98. The van der Waals surface area contributed by atoms with E-state index in [0.717, 1.165) is 35.6 Å². The van der Waals surface area contributed by atoms with Crippen LogP contribution in [0.4, 0.5) is 0 Å². The first-order valence-corrected chi connectivity index (χ1v) is 8.28. The van der Waals surface area contributed by atoms with Crippen molar-refractivity contribution < 1.29 is 4.79 Å². The average molecular weight is 269 g/mol. The van der Waals surface area contributed by atoms with Gasteiger partial charge in [-0.25, -0.2) is 0 Å². The van der Waals surface area contributed by atoms with Crippen LogP contribution in [-0.2, 0) is 0 Å². The molecule has 0 aromatic heterocycles. The van der Waals surface area contributed by atoms with Gasteiger partial charge in [0.05, 0.1) is 5.56 Å². The standard InChI is InChI=1S/C13H19NOS2/c1-3-9-14-13(15)11-7-5-6-8-12(11)17-16-10-4-2/h5-8H,3-4,9-10H2,1-2H3,(H,14,15). The van der Waals surface area contributed by atoms with Crippen molar-refractivity contribution >= 4 is 27.5 Å². The Morgan fingerprint density at radius 1 is 1.24 bits per heavy atom. The van der Waals surface area contributed by atoms with Crippen molar-refractivity contribution in [3.05, 3.63) is 29.8 Å². The summed E-state index contributed by atoms with van der Waals surface area (Å²) in [5, 5.41) is 2.92. The molecule has 4 heteroatoms. The fraction of sp³-hybridized carbons (Fsp3) is 0.462. The lowest BCUT2D eigenvalue weighted by Crippen LogP contribution is -2.24. The van der Waals surface area contributed by atoms with E-state index in [2.05, 4.69) is 19.2 Å². The minimum atomic E-state index is 0.0343. The van der Waals surface area contributed by atoms with Crippen LogP contribution in [0.2, 0.25) is 0 Å². The molecular weight excluding hydrogens is 250 g/mol. The van der Waals surface area contributed by atoms with Gasteiger partial charge in [0.25, 0.3) is 5.91 Å². The third-order valence-corrected chi connectivity index (χ3v) is 4.72. The Kier molecular flexibility index (Phi) is 7.21. The molecule has 0 heterocycles. The Hall–Kier alpha value is -0.610. The monoisotopic (exact) mass is 269 g/mol. The second kappa shape index (κ2) is 8.48. The molecule has 0 aliphatic carbocycles. The quantitative estimate of drug-likeness (QED) is 0.600. The highest BCUT2D eigenvalue weighted by Crippen LogP contribution is 2.33. The average Bonchev–Trinajstić information content (AvgIpc) is 2.37. The highest BCUT2D eigenvalue weighted by atomic mass is 33.1. The van der Waals surface area contributed by atoms with Crippen LogP contribution in [0.15, 0.2) is 29.2 Å². The first-order chi connectivity index (χ1) is 8.29. The van der Waals surface area contributed by atoms with Crippen LogP contribution in [0, 0.1) is 0 Å². The van der Waals surface area contributed by atoms with Crippen LogP contribution in [0.25, 0.3) is 0 Å². The summed E-state index contributed by atoms with van der Waals surface area (Å²) in [5.74, 6) is 1.14. The normalized spacial score (nSPS) is 10.2. The lowest BCUT2D eigenvalue weighted by molar-refractivity contribution is 0.0951. The van der Waals surface area contributed by atoms with Gasteiger partial charge in [-0.1, -0.05) is 47.6 Å². The fourth-order valence-corrected chi connectivity index (χ4v) is 3.58. The molecule has 0 atom stereocenters. The number of hydrogen-bond donors (Lipinski definition) is 1. The summed E-state index contributed by atoms with van der Waals surface area (Å²) < 4.78 is 0. The molecule has 1 aromatic rings. The topological polar surface area (TPSA) is 29.1 Å². The number of amides is 1. The van der Waals surface area contributed by atoms with Gasteiger partial charge in [-0.2, -0.15) is 0 Å². The highest BCUT2D eigenvalue weighted by molar-refractivity contribution is 8.76. The van der Waals surface area contributed by atoms with Gasteiger partial charge >= 0.3 is 0 Å². The number of benzene rings is 1. The Balaban J connectivity index is 2.66. The van der Waals surface area contributed by atoms with Crippen molar-refractivity contribution in [2.45, 2.75) is 31.6 Å². The first kappa shape index (κ1) is 14.5. The first-order valence-electron chi connectivity index (χ1n) is 5.96. The summed E-state index contributed by atoms with van der Waals surface area (Å²) in [6, 6.07) is 7.79. The van der Waals surface area contributed by atoms with Crippen LogP contribution in [-0.4, -0.2) is 18.2 Å². The smallest absolute Gasteiger partial charge is 0.252 e. The molecule has 94 valence electrons. The van der Waals surface area contributed by atoms with E-state index in [0.29, 0.717) is 0 Å². The third-order valence-electron chi connectivity index (χ3n) is 2.10. The van der Waals surface area contributed by atoms with Gasteiger partial charge in [0.2, 0.25) is 0 Å². The molecule has 17 heavy (non-hydrogen) atoms. The Bertz CT molecular complexity index is 355. The van der Waals surface area contributed by atoms with E-state index in [1.54, 1.807) is 21.6 Å². The molecule has 0 fully saturated rings. The van der Waals surface area contributed by atoms with Crippen molar-refractivity contribution in [3.63, 3.8) is 0 Å². The maximum Gasteiger partial charge on any atom is 0.252 e. The van der Waals surface area contributed by atoms with Crippen molar-refractivity contribution in [2.75, 3.05) is 12.3 Å². The predicted molar refractivity (Wildman–Crippen MR) is 77.7 cm³/mol. The second-order valence-corrected chi connectivity index (χ2v) is 6.11. The summed E-state index contributed by atoms with van der Waals surface area (Å²) in [5.41, 5.74) is 0.787.